The van der Waals surface area contributed by atoms with E-state index in [1.54, 1.807) is 12.1 Å². The summed E-state index contributed by atoms with van der Waals surface area (Å²) in [7, 11) is -4.32. The molecule has 3 rings (SSSR count). The van der Waals surface area contributed by atoms with E-state index in [-0.39, 0.29) is 11.4 Å². The number of anilines is 1. The Bertz CT molecular complexity index is 897. The van der Waals surface area contributed by atoms with E-state index < -0.39 is 45.1 Å². The molecule has 1 aliphatic rings. The standard InChI is InChI=1S/C15H12F2N2O4S/c16-9-5-10(17)7-11(6-9)24(21,22)19-8-14(15(18)20)23-13-4-2-1-3-12(13)19/h1-7,14H,8H2,(H2,18,20)/t14-/m0/s1. The van der Waals surface area contributed by atoms with Crippen molar-refractivity contribution in [3.05, 3.63) is 54.1 Å². The highest BCUT2D eigenvalue weighted by molar-refractivity contribution is 7.92. The second-order valence-corrected chi connectivity index (χ2v) is 6.98. The summed E-state index contributed by atoms with van der Waals surface area (Å²) in [5.74, 6) is -2.77. The first-order chi connectivity index (χ1) is 11.3. The summed E-state index contributed by atoms with van der Waals surface area (Å²) in [5.41, 5.74) is 5.36. The van der Waals surface area contributed by atoms with E-state index in [9.17, 15) is 22.0 Å². The van der Waals surface area contributed by atoms with Gasteiger partial charge in [-0.05, 0) is 24.3 Å². The number of fused-ring (bicyclic) bond motifs is 1. The van der Waals surface area contributed by atoms with Crippen LogP contribution in [0, 0.1) is 11.6 Å². The second kappa shape index (κ2) is 5.75. The molecule has 2 aromatic rings. The molecule has 0 radical (unpaired) electrons. The summed E-state index contributed by atoms with van der Waals surface area (Å²) in [6.07, 6.45) is -1.21. The minimum absolute atomic E-state index is 0.132. The van der Waals surface area contributed by atoms with Gasteiger partial charge in [0.05, 0.1) is 17.1 Å². The zero-order valence-corrected chi connectivity index (χ0v) is 13.0. The molecule has 2 aromatic carbocycles. The lowest BCUT2D eigenvalue weighted by Gasteiger charge is -2.34. The maximum absolute atomic E-state index is 13.4. The molecule has 1 heterocycles. The molecule has 2 N–H and O–H groups in total. The molecule has 1 aliphatic heterocycles. The molecule has 0 spiro atoms. The Kier molecular flexibility index (Phi) is 3.88. The summed E-state index contributed by atoms with van der Waals surface area (Å²) >= 11 is 0. The number of hydrogen-bond donors (Lipinski definition) is 1. The van der Waals surface area contributed by atoms with Crippen LogP contribution in [-0.2, 0) is 14.8 Å². The normalized spacial score (nSPS) is 17.1. The largest absolute Gasteiger partial charge is 0.476 e. The molecule has 0 unspecified atom stereocenters. The lowest BCUT2D eigenvalue weighted by molar-refractivity contribution is -0.124. The fourth-order valence-corrected chi connectivity index (χ4v) is 3.90. The fourth-order valence-electron chi connectivity index (χ4n) is 2.38. The summed E-state index contributed by atoms with van der Waals surface area (Å²) < 4.78 is 58.7. The first-order valence-electron chi connectivity index (χ1n) is 6.83. The van der Waals surface area contributed by atoms with Crippen molar-refractivity contribution < 1.29 is 26.7 Å². The van der Waals surface area contributed by atoms with Gasteiger partial charge in [0.1, 0.15) is 17.4 Å². The Morgan fingerprint density at radius 2 is 1.79 bits per heavy atom. The van der Waals surface area contributed by atoms with Crippen LogP contribution < -0.4 is 14.8 Å². The van der Waals surface area contributed by atoms with Crippen molar-refractivity contribution in [3.8, 4) is 5.75 Å². The Morgan fingerprint density at radius 3 is 2.42 bits per heavy atom. The summed E-state index contributed by atoms with van der Waals surface area (Å²) in [4.78, 5) is 10.9. The van der Waals surface area contributed by atoms with Crippen LogP contribution in [0.3, 0.4) is 0 Å². The van der Waals surface area contributed by atoms with Gasteiger partial charge in [0.25, 0.3) is 15.9 Å². The number of benzene rings is 2. The Balaban J connectivity index is 2.14. The minimum Gasteiger partial charge on any atom is -0.476 e. The molecular weight excluding hydrogens is 342 g/mol. The molecule has 9 heteroatoms. The van der Waals surface area contributed by atoms with Crippen molar-refractivity contribution in [1.82, 2.24) is 0 Å². The average Bonchev–Trinajstić information content (AvgIpc) is 2.52. The minimum atomic E-state index is -4.32. The molecule has 126 valence electrons. The number of halogens is 2. The number of para-hydroxylation sites is 2. The van der Waals surface area contributed by atoms with Crippen molar-refractivity contribution in [1.29, 1.82) is 0 Å². The Labute approximate surface area is 136 Å². The van der Waals surface area contributed by atoms with Gasteiger partial charge < -0.3 is 10.5 Å². The van der Waals surface area contributed by atoms with Crippen LogP contribution in [0.2, 0.25) is 0 Å². The zero-order valence-electron chi connectivity index (χ0n) is 12.1. The van der Waals surface area contributed by atoms with Crippen LogP contribution in [0.5, 0.6) is 5.75 Å². The van der Waals surface area contributed by atoms with E-state index in [0.717, 1.165) is 4.31 Å². The zero-order chi connectivity index (χ0) is 17.5. The Morgan fingerprint density at radius 1 is 1.17 bits per heavy atom. The quantitative estimate of drug-likeness (QED) is 0.902. The predicted molar refractivity (Wildman–Crippen MR) is 80.9 cm³/mol. The Hall–Kier alpha value is -2.68. The van der Waals surface area contributed by atoms with Gasteiger partial charge in [-0.15, -0.1) is 0 Å². The van der Waals surface area contributed by atoms with E-state index in [1.165, 1.54) is 12.1 Å². The summed E-state index contributed by atoms with van der Waals surface area (Å²) in [5, 5.41) is 0. The van der Waals surface area contributed by atoms with E-state index in [2.05, 4.69) is 0 Å². The summed E-state index contributed by atoms with van der Waals surface area (Å²) in [6, 6.07) is 8.07. The predicted octanol–water partition coefficient (Wildman–Crippen LogP) is 1.41. The van der Waals surface area contributed by atoms with Crippen LogP contribution in [0.15, 0.2) is 47.4 Å². The number of ether oxygens (including phenoxy) is 1. The van der Waals surface area contributed by atoms with Crippen LogP contribution in [0.1, 0.15) is 0 Å². The summed E-state index contributed by atoms with van der Waals surface area (Å²) in [6.45, 7) is -0.396. The number of amides is 1. The van der Waals surface area contributed by atoms with Gasteiger partial charge in [-0.25, -0.2) is 17.2 Å². The molecule has 1 atom stereocenters. The van der Waals surface area contributed by atoms with Crippen LogP contribution in [0.25, 0.3) is 0 Å². The number of carbonyl (C=O) groups is 1. The first kappa shape index (κ1) is 16.2. The number of sulfonamides is 1. The van der Waals surface area contributed by atoms with Gasteiger partial charge in [-0.1, -0.05) is 12.1 Å². The first-order valence-corrected chi connectivity index (χ1v) is 8.27. The number of primary amides is 1. The third-order valence-corrected chi connectivity index (χ3v) is 5.23. The maximum atomic E-state index is 13.4. The van der Waals surface area contributed by atoms with Crippen molar-refractivity contribution >= 4 is 21.6 Å². The topological polar surface area (TPSA) is 89.7 Å². The highest BCUT2D eigenvalue weighted by atomic mass is 32.2. The van der Waals surface area contributed by atoms with Crippen LogP contribution in [0.4, 0.5) is 14.5 Å². The van der Waals surface area contributed by atoms with Crippen molar-refractivity contribution in [2.45, 2.75) is 11.0 Å². The van der Waals surface area contributed by atoms with Crippen molar-refractivity contribution in [2.24, 2.45) is 5.73 Å². The molecule has 0 fully saturated rings. The third kappa shape index (κ3) is 2.78. The molecule has 6 nitrogen and oxygen atoms in total. The van der Waals surface area contributed by atoms with Crippen molar-refractivity contribution in [3.63, 3.8) is 0 Å². The third-order valence-electron chi connectivity index (χ3n) is 3.48. The number of nitrogens with two attached hydrogens (primary N) is 1. The van der Waals surface area contributed by atoms with Gasteiger partial charge in [0.2, 0.25) is 0 Å². The monoisotopic (exact) mass is 354 g/mol. The number of hydrogen-bond acceptors (Lipinski definition) is 4. The smallest absolute Gasteiger partial charge is 0.264 e. The van der Waals surface area contributed by atoms with Gasteiger partial charge in [0, 0.05) is 6.07 Å². The van der Waals surface area contributed by atoms with E-state index in [0.29, 0.717) is 18.2 Å². The highest BCUT2D eigenvalue weighted by Gasteiger charge is 2.36. The SMILES string of the molecule is NC(=O)[C@@H]1CN(S(=O)(=O)c2cc(F)cc(F)c2)c2ccccc2O1. The molecule has 0 saturated heterocycles. The lowest BCUT2D eigenvalue weighted by Crippen LogP contribution is -2.49. The van der Waals surface area contributed by atoms with Gasteiger partial charge in [-0.3, -0.25) is 9.10 Å². The molecule has 0 bridgehead atoms. The molecule has 0 saturated carbocycles. The van der Waals surface area contributed by atoms with Gasteiger partial charge >= 0.3 is 0 Å². The molecular formula is C15H12F2N2O4S. The highest BCUT2D eigenvalue weighted by Crippen LogP contribution is 2.36. The second-order valence-electron chi connectivity index (χ2n) is 5.12. The van der Waals surface area contributed by atoms with E-state index >= 15 is 0 Å². The van der Waals surface area contributed by atoms with E-state index in [1.807, 2.05) is 0 Å². The van der Waals surface area contributed by atoms with Gasteiger partial charge in [0.15, 0.2) is 6.10 Å². The fraction of sp³-hybridized carbons (Fsp3) is 0.133. The lowest BCUT2D eigenvalue weighted by atomic mass is 10.2. The molecule has 0 aromatic heterocycles. The molecule has 24 heavy (non-hydrogen) atoms. The maximum Gasteiger partial charge on any atom is 0.264 e. The number of carbonyl (C=O) groups excluding carboxylic acids is 1. The van der Waals surface area contributed by atoms with Crippen LogP contribution >= 0.6 is 0 Å². The van der Waals surface area contributed by atoms with Crippen LogP contribution in [-0.4, -0.2) is 27.0 Å². The van der Waals surface area contributed by atoms with E-state index in [4.69, 9.17) is 10.5 Å². The average molecular weight is 354 g/mol. The number of nitrogens with zero attached hydrogens (tertiary/aromatic N) is 1. The number of rotatable bonds is 3. The molecule has 1 amide bonds. The molecule has 0 aliphatic carbocycles. The van der Waals surface area contributed by atoms with Crippen molar-refractivity contribution in [2.75, 3.05) is 10.8 Å². The van der Waals surface area contributed by atoms with Gasteiger partial charge in [-0.2, -0.15) is 0 Å².